The SMILES string of the molecule is CC(C)C(C(=O)Nc1ccc2c(c1F)CCNC2)N(C)C.Cl.Cl. The lowest BCUT2D eigenvalue weighted by Gasteiger charge is -2.27. The minimum atomic E-state index is -0.288. The molecule has 0 radical (unpaired) electrons. The number of likely N-dealkylation sites (N-methyl/N-ethyl adjacent to an activating group) is 1. The van der Waals surface area contributed by atoms with Crippen LogP contribution in [0.15, 0.2) is 12.1 Å². The van der Waals surface area contributed by atoms with Crippen LogP contribution in [0, 0.1) is 11.7 Å². The van der Waals surface area contributed by atoms with Crippen LogP contribution in [-0.4, -0.2) is 37.5 Å². The lowest BCUT2D eigenvalue weighted by molar-refractivity contribution is -0.121. The molecule has 7 heteroatoms. The second kappa shape index (κ2) is 9.42. The number of anilines is 1. The van der Waals surface area contributed by atoms with Gasteiger partial charge in [0.15, 0.2) is 0 Å². The van der Waals surface area contributed by atoms with Gasteiger partial charge in [-0.1, -0.05) is 19.9 Å². The van der Waals surface area contributed by atoms with Gasteiger partial charge < -0.3 is 10.6 Å². The second-order valence-electron chi connectivity index (χ2n) is 6.13. The van der Waals surface area contributed by atoms with Gasteiger partial charge in [-0.3, -0.25) is 9.69 Å². The Kier molecular flexibility index (Phi) is 9.06. The van der Waals surface area contributed by atoms with E-state index in [1.54, 1.807) is 6.07 Å². The molecule has 1 unspecified atom stereocenters. The van der Waals surface area contributed by atoms with E-state index in [9.17, 15) is 9.18 Å². The van der Waals surface area contributed by atoms with Gasteiger partial charge in [0.2, 0.25) is 5.91 Å². The lowest BCUT2D eigenvalue weighted by Crippen LogP contribution is -2.43. The molecular formula is C16H26Cl2FN3O. The number of amides is 1. The Morgan fingerprint density at radius 3 is 2.52 bits per heavy atom. The van der Waals surface area contributed by atoms with Gasteiger partial charge >= 0.3 is 0 Å². The summed E-state index contributed by atoms with van der Waals surface area (Å²) >= 11 is 0. The standard InChI is InChI=1S/C16H24FN3O.2ClH/c1-10(2)15(20(3)4)16(21)19-13-6-5-11-9-18-8-7-12(11)14(13)17;;/h5-6,10,15,18H,7-9H2,1-4H3,(H,19,21);2*1H. The molecule has 2 N–H and O–H groups in total. The van der Waals surface area contributed by atoms with Gasteiger partial charge in [-0.05, 0) is 50.2 Å². The summed E-state index contributed by atoms with van der Waals surface area (Å²) in [6, 6.07) is 3.27. The van der Waals surface area contributed by atoms with Crippen LogP contribution >= 0.6 is 24.8 Å². The summed E-state index contributed by atoms with van der Waals surface area (Å²) in [5.74, 6) is -0.295. The van der Waals surface area contributed by atoms with Crippen molar-refractivity contribution in [3.63, 3.8) is 0 Å². The van der Waals surface area contributed by atoms with Crippen LogP contribution in [0.3, 0.4) is 0 Å². The maximum Gasteiger partial charge on any atom is 0.242 e. The highest BCUT2D eigenvalue weighted by molar-refractivity contribution is 5.95. The summed E-state index contributed by atoms with van der Waals surface area (Å²) in [5.41, 5.74) is 1.98. The van der Waals surface area contributed by atoms with Crippen molar-refractivity contribution >= 4 is 36.4 Å². The molecule has 0 saturated carbocycles. The quantitative estimate of drug-likeness (QED) is 0.861. The minimum absolute atomic E-state index is 0. The third kappa shape index (κ3) is 5.05. The van der Waals surface area contributed by atoms with Crippen molar-refractivity contribution in [2.24, 2.45) is 5.92 Å². The summed E-state index contributed by atoms with van der Waals surface area (Å²) in [4.78, 5) is 14.2. The molecule has 23 heavy (non-hydrogen) atoms. The molecule has 1 heterocycles. The van der Waals surface area contributed by atoms with Crippen LogP contribution < -0.4 is 10.6 Å². The van der Waals surface area contributed by atoms with Gasteiger partial charge in [0.1, 0.15) is 5.82 Å². The molecule has 1 aliphatic rings. The van der Waals surface area contributed by atoms with Crippen molar-refractivity contribution in [1.29, 1.82) is 0 Å². The third-order valence-electron chi connectivity index (χ3n) is 3.92. The first-order valence-electron chi connectivity index (χ1n) is 7.40. The Bertz CT molecular complexity index is 530. The van der Waals surface area contributed by atoms with E-state index in [1.165, 1.54) is 0 Å². The van der Waals surface area contributed by atoms with E-state index in [0.717, 1.165) is 17.7 Å². The number of carbonyl (C=O) groups excluding carboxylic acids is 1. The molecule has 4 nitrogen and oxygen atoms in total. The fraction of sp³-hybridized carbons (Fsp3) is 0.562. The number of fused-ring (bicyclic) bond motifs is 1. The van der Waals surface area contributed by atoms with Crippen molar-refractivity contribution in [3.8, 4) is 0 Å². The van der Waals surface area contributed by atoms with E-state index in [4.69, 9.17) is 0 Å². The molecule has 1 amide bonds. The third-order valence-corrected chi connectivity index (χ3v) is 3.92. The summed E-state index contributed by atoms with van der Waals surface area (Å²) in [5, 5.41) is 5.96. The summed E-state index contributed by atoms with van der Waals surface area (Å²) < 4.78 is 14.5. The highest BCUT2D eigenvalue weighted by Gasteiger charge is 2.26. The van der Waals surface area contributed by atoms with Crippen LogP contribution in [-0.2, 0) is 17.8 Å². The highest BCUT2D eigenvalue weighted by Crippen LogP contribution is 2.25. The summed E-state index contributed by atoms with van der Waals surface area (Å²) in [6.07, 6.45) is 0.659. The van der Waals surface area contributed by atoms with E-state index in [-0.39, 0.29) is 54.2 Å². The van der Waals surface area contributed by atoms with Gasteiger partial charge in [0, 0.05) is 6.54 Å². The fourth-order valence-corrected chi connectivity index (χ4v) is 2.97. The number of hydrogen-bond donors (Lipinski definition) is 2. The van der Waals surface area contributed by atoms with Crippen LogP contribution in [0.1, 0.15) is 25.0 Å². The first-order chi connectivity index (χ1) is 9.91. The molecule has 2 rings (SSSR count). The smallest absolute Gasteiger partial charge is 0.242 e. The first-order valence-corrected chi connectivity index (χ1v) is 7.40. The Labute approximate surface area is 150 Å². The molecule has 0 aromatic heterocycles. The minimum Gasteiger partial charge on any atom is -0.322 e. The summed E-state index contributed by atoms with van der Waals surface area (Å²) in [6.45, 7) is 5.43. The van der Waals surface area contributed by atoms with Crippen molar-refractivity contribution < 1.29 is 9.18 Å². The number of nitrogens with zero attached hydrogens (tertiary/aromatic N) is 1. The molecule has 0 spiro atoms. The molecule has 1 atom stereocenters. The van der Waals surface area contributed by atoms with Crippen LogP contribution in [0.4, 0.5) is 10.1 Å². The molecule has 0 fully saturated rings. The Morgan fingerprint density at radius 1 is 1.30 bits per heavy atom. The Hall–Kier alpha value is -0.880. The predicted octanol–water partition coefficient (Wildman–Crippen LogP) is 2.84. The van der Waals surface area contributed by atoms with E-state index >= 15 is 0 Å². The molecule has 0 bridgehead atoms. The number of carbonyl (C=O) groups is 1. The number of nitrogens with one attached hydrogen (secondary N) is 2. The summed E-state index contributed by atoms with van der Waals surface area (Å²) in [7, 11) is 3.72. The van der Waals surface area contributed by atoms with E-state index < -0.39 is 0 Å². The number of rotatable bonds is 4. The topological polar surface area (TPSA) is 44.4 Å². The average molecular weight is 366 g/mol. The molecule has 132 valence electrons. The van der Waals surface area contributed by atoms with Crippen molar-refractivity contribution in [1.82, 2.24) is 10.2 Å². The molecule has 1 aromatic rings. The zero-order valence-corrected chi connectivity index (χ0v) is 15.6. The molecule has 1 aromatic carbocycles. The largest absolute Gasteiger partial charge is 0.322 e. The van der Waals surface area contributed by atoms with Gasteiger partial charge in [-0.15, -0.1) is 24.8 Å². The van der Waals surface area contributed by atoms with Gasteiger partial charge in [0.25, 0.3) is 0 Å². The second-order valence-corrected chi connectivity index (χ2v) is 6.13. The average Bonchev–Trinajstić information content (AvgIpc) is 2.41. The van der Waals surface area contributed by atoms with Crippen molar-refractivity contribution in [3.05, 3.63) is 29.1 Å². The molecule has 1 aliphatic heterocycles. The maximum absolute atomic E-state index is 14.5. The zero-order chi connectivity index (χ0) is 15.6. The number of benzene rings is 1. The first kappa shape index (κ1) is 22.1. The monoisotopic (exact) mass is 365 g/mol. The van der Waals surface area contributed by atoms with Crippen LogP contribution in [0.2, 0.25) is 0 Å². The fourth-order valence-electron chi connectivity index (χ4n) is 2.97. The van der Waals surface area contributed by atoms with E-state index in [0.29, 0.717) is 13.0 Å². The van der Waals surface area contributed by atoms with Gasteiger partial charge in [0.05, 0.1) is 11.7 Å². The Morgan fingerprint density at radius 2 is 1.96 bits per heavy atom. The van der Waals surface area contributed by atoms with Crippen LogP contribution in [0.5, 0.6) is 0 Å². The van der Waals surface area contributed by atoms with Crippen molar-refractivity contribution in [2.75, 3.05) is 26.0 Å². The van der Waals surface area contributed by atoms with E-state index in [1.807, 2.05) is 38.9 Å². The molecule has 0 aliphatic carbocycles. The number of hydrogen-bond acceptors (Lipinski definition) is 3. The molecular weight excluding hydrogens is 340 g/mol. The van der Waals surface area contributed by atoms with Crippen molar-refractivity contribution in [2.45, 2.75) is 32.9 Å². The molecule has 0 saturated heterocycles. The lowest BCUT2D eigenvalue weighted by atomic mass is 9.98. The number of halogens is 3. The van der Waals surface area contributed by atoms with Gasteiger partial charge in [-0.25, -0.2) is 4.39 Å². The van der Waals surface area contributed by atoms with Crippen LogP contribution in [0.25, 0.3) is 0 Å². The highest BCUT2D eigenvalue weighted by atomic mass is 35.5. The maximum atomic E-state index is 14.5. The van der Waals surface area contributed by atoms with Gasteiger partial charge in [-0.2, -0.15) is 0 Å². The normalized spacial score (nSPS) is 14.6. The predicted molar refractivity (Wildman–Crippen MR) is 97.2 cm³/mol. The zero-order valence-electron chi connectivity index (χ0n) is 14.0. The van der Waals surface area contributed by atoms with E-state index in [2.05, 4.69) is 10.6 Å². The Balaban J connectivity index is 0.00000242.